The second-order valence-corrected chi connectivity index (χ2v) is 8.25. The molecule has 2 aromatic carbocycles. The van der Waals surface area contributed by atoms with Crippen LogP contribution in [0.1, 0.15) is 10.6 Å². The van der Waals surface area contributed by atoms with Crippen LogP contribution in [0.2, 0.25) is 0 Å². The van der Waals surface area contributed by atoms with E-state index in [0.29, 0.717) is 26.0 Å². The zero-order valence-electron chi connectivity index (χ0n) is 14.7. The molecule has 1 aliphatic heterocycles. The lowest BCUT2D eigenvalue weighted by Gasteiger charge is -2.10. The lowest BCUT2D eigenvalue weighted by Crippen LogP contribution is -2.23. The molecule has 1 aromatic heterocycles. The average Bonchev–Trinajstić information content (AvgIpc) is 3.37. The number of fused-ring (bicyclic) bond motifs is 1. The van der Waals surface area contributed by atoms with Crippen molar-refractivity contribution in [1.82, 2.24) is 4.98 Å². The summed E-state index contributed by atoms with van der Waals surface area (Å²) in [5.41, 5.74) is -0.489. The number of aromatic nitrogens is 1. The van der Waals surface area contributed by atoms with Crippen molar-refractivity contribution >= 4 is 38.4 Å². The first-order valence-electron chi connectivity index (χ1n) is 8.37. The van der Waals surface area contributed by atoms with Gasteiger partial charge in [-0.05, 0) is 18.2 Å². The first-order valence-corrected chi connectivity index (χ1v) is 10.2. The van der Waals surface area contributed by atoms with Gasteiger partial charge in [-0.3, -0.25) is 4.99 Å². The zero-order chi connectivity index (χ0) is 21.6. The highest BCUT2D eigenvalue weighted by Gasteiger charge is 2.27. The smallest absolute Gasteiger partial charge is 0.200 e. The van der Waals surface area contributed by atoms with Crippen molar-refractivity contribution in [2.24, 2.45) is 4.99 Å². The summed E-state index contributed by atoms with van der Waals surface area (Å²) in [6, 6.07) is 3.89. The van der Waals surface area contributed by atoms with Gasteiger partial charge in [0.25, 0.3) is 0 Å². The van der Waals surface area contributed by atoms with Crippen molar-refractivity contribution in [3.05, 3.63) is 57.9 Å². The van der Waals surface area contributed by atoms with Crippen molar-refractivity contribution in [3.8, 4) is 5.75 Å². The van der Waals surface area contributed by atoms with Crippen LogP contribution in [-0.4, -0.2) is 38.3 Å². The van der Waals surface area contributed by atoms with Crippen molar-refractivity contribution in [3.63, 3.8) is 0 Å². The Labute approximate surface area is 173 Å². The van der Waals surface area contributed by atoms with Gasteiger partial charge in [0.2, 0.25) is 5.82 Å². The molecule has 0 spiro atoms. The number of hydrogen-bond acceptors (Lipinski definition) is 7. The van der Waals surface area contributed by atoms with Gasteiger partial charge in [0, 0.05) is 5.75 Å². The summed E-state index contributed by atoms with van der Waals surface area (Å²) in [5.74, 6) is -9.62. The van der Waals surface area contributed by atoms with Crippen LogP contribution in [0.15, 0.2) is 23.2 Å². The van der Waals surface area contributed by atoms with Crippen molar-refractivity contribution in [2.75, 3.05) is 5.75 Å². The number of thioether (sulfide) groups is 1. The molecule has 2 N–H and O–H groups in total. The molecule has 0 fully saturated rings. The SMILES string of the molecule is OC(O)C1CSC(c2nc3ccc(OCc4c(F)c(F)c(F)c(F)c4F)cc3s2)=N1. The molecule has 1 aliphatic rings. The molecular weight excluding hydrogens is 451 g/mol. The van der Waals surface area contributed by atoms with Gasteiger partial charge >= 0.3 is 0 Å². The summed E-state index contributed by atoms with van der Waals surface area (Å²) in [6.07, 6.45) is -1.56. The zero-order valence-corrected chi connectivity index (χ0v) is 16.3. The van der Waals surface area contributed by atoms with Crippen LogP contribution < -0.4 is 4.74 Å². The molecule has 158 valence electrons. The van der Waals surface area contributed by atoms with Crippen molar-refractivity contribution < 1.29 is 36.9 Å². The number of ether oxygens (including phenoxy) is 1. The molecule has 2 heterocycles. The normalized spacial score (nSPS) is 16.5. The number of rotatable bonds is 5. The average molecular weight is 462 g/mol. The summed E-state index contributed by atoms with van der Waals surface area (Å²) >= 11 is 2.56. The Bertz CT molecular complexity index is 1140. The predicted octanol–water partition coefficient (Wildman–Crippen LogP) is 3.74. The maximum Gasteiger partial charge on any atom is 0.200 e. The number of halogens is 5. The number of aliphatic hydroxyl groups excluding tert-OH is 1. The standard InChI is InChI=1S/C18H11F5N2O3S2/c19-11-7(12(20)14(22)15(23)13(11)21)4-28-6-1-2-8-10(3-6)30-17(24-8)16-25-9(5-29-16)18(26)27/h1-3,9,18,26-27H,4-5H2. The summed E-state index contributed by atoms with van der Waals surface area (Å²) in [5, 5.41) is 19.5. The minimum absolute atomic E-state index is 0.145. The molecule has 0 saturated heterocycles. The van der Waals surface area contributed by atoms with Crippen LogP contribution in [-0.2, 0) is 6.61 Å². The Morgan fingerprint density at radius 2 is 1.70 bits per heavy atom. The maximum atomic E-state index is 13.8. The van der Waals surface area contributed by atoms with E-state index in [4.69, 9.17) is 4.74 Å². The van der Waals surface area contributed by atoms with Crippen LogP contribution in [0.5, 0.6) is 5.75 Å². The summed E-state index contributed by atoms with van der Waals surface area (Å²) in [4.78, 5) is 8.60. The van der Waals surface area contributed by atoms with E-state index in [1.54, 1.807) is 6.07 Å². The maximum absolute atomic E-state index is 13.8. The monoisotopic (exact) mass is 462 g/mol. The van der Waals surface area contributed by atoms with Gasteiger partial charge in [-0.2, -0.15) is 0 Å². The molecule has 12 heteroatoms. The van der Waals surface area contributed by atoms with Gasteiger partial charge in [0.1, 0.15) is 28.4 Å². The fraction of sp³-hybridized carbons (Fsp3) is 0.222. The fourth-order valence-corrected chi connectivity index (χ4v) is 4.82. The highest BCUT2D eigenvalue weighted by Crippen LogP contribution is 2.32. The molecule has 0 radical (unpaired) electrons. The van der Waals surface area contributed by atoms with E-state index in [-0.39, 0.29) is 5.75 Å². The van der Waals surface area contributed by atoms with Crippen molar-refractivity contribution in [1.29, 1.82) is 0 Å². The number of aliphatic imine (C=N–C) groups is 1. The molecule has 1 unspecified atom stereocenters. The van der Waals surface area contributed by atoms with Crippen LogP contribution >= 0.6 is 23.1 Å². The van der Waals surface area contributed by atoms with E-state index < -0.39 is 53.6 Å². The molecule has 0 amide bonds. The molecule has 0 aliphatic carbocycles. The number of aliphatic hydroxyl groups is 2. The van der Waals surface area contributed by atoms with Gasteiger partial charge in [0.05, 0.1) is 15.8 Å². The third-order valence-electron chi connectivity index (χ3n) is 4.24. The molecule has 4 rings (SSSR count). The first kappa shape index (κ1) is 21.0. The molecule has 1 atom stereocenters. The molecule has 0 saturated carbocycles. The Kier molecular flexibility index (Phi) is 5.66. The molecule has 0 bridgehead atoms. The van der Waals surface area contributed by atoms with Gasteiger partial charge < -0.3 is 14.9 Å². The van der Waals surface area contributed by atoms with Gasteiger partial charge in [0.15, 0.2) is 29.6 Å². The minimum Gasteiger partial charge on any atom is -0.489 e. The second kappa shape index (κ2) is 8.10. The lowest BCUT2D eigenvalue weighted by molar-refractivity contribution is -0.0516. The molecule has 30 heavy (non-hydrogen) atoms. The van der Waals surface area contributed by atoms with E-state index >= 15 is 0 Å². The predicted molar refractivity (Wildman–Crippen MR) is 101 cm³/mol. The second-order valence-electron chi connectivity index (χ2n) is 6.21. The number of thiazole rings is 1. The molecular formula is C18H11F5N2O3S2. The van der Waals surface area contributed by atoms with Gasteiger partial charge in [-0.1, -0.05) is 0 Å². The minimum atomic E-state index is -2.23. The van der Waals surface area contributed by atoms with E-state index in [0.717, 1.165) is 0 Å². The topological polar surface area (TPSA) is 74.9 Å². The van der Waals surface area contributed by atoms with Crippen LogP contribution in [0.3, 0.4) is 0 Å². The fourth-order valence-electron chi connectivity index (χ4n) is 2.68. The van der Waals surface area contributed by atoms with E-state index in [1.807, 2.05) is 0 Å². The largest absolute Gasteiger partial charge is 0.489 e. The Morgan fingerprint density at radius 3 is 2.33 bits per heavy atom. The third-order valence-corrected chi connectivity index (χ3v) is 6.48. The summed E-state index contributed by atoms with van der Waals surface area (Å²) < 4.78 is 73.1. The Hall–Kier alpha value is -2.28. The number of nitrogens with zero attached hydrogens (tertiary/aromatic N) is 2. The highest BCUT2D eigenvalue weighted by molar-refractivity contribution is 8.15. The lowest BCUT2D eigenvalue weighted by atomic mass is 10.2. The van der Waals surface area contributed by atoms with Gasteiger partial charge in [-0.15, -0.1) is 23.1 Å². The van der Waals surface area contributed by atoms with Gasteiger partial charge in [-0.25, -0.2) is 26.9 Å². The van der Waals surface area contributed by atoms with E-state index in [2.05, 4.69) is 9.98 Å². The van der Waals surface area contributed by atoms with Crippen LogP contribution in [0.4, 0.5) is 22.0 Å². The Balaban J connectivity index is 1.56. The number of hydrogen-bond donors (Lipinski definition) is 2. The Morgan fingerprint density at radius 1 is 1.03 bits per heavy atom. The van der Waals surface area contributed by atoms with E-state index in [9.17, 15) is 32.2 Å². The number of benzene rings is 2. The van der Waals surface area contributed by atoms with Crippen LogP contribution in [0, 0.1) is 29.1 Å². The van der Waals surface area contributed by atoms with E-state index in [1.165, 1.54) is 35.2 Å². The highest BCUT2D eigenvalue weighted by atomic mass is 32.2. The third kappa shape index (κ3) is 3.75. The van der Waals surface area contributed by atoms with Crippen LogP contribution in [0.25, 0.3) is 10.2 Å². The first-order chi connectivity index (χ1) is 14.3. The summed E-state index contributed by atoms with van der Waals surface area (Å²) in [7, 11) is 0. The van der Waals surface area contributed by atoms with Crippen molar-refractivity contribution in [2.45, 2.75) is 18.9 Å². The molecule has 5 nitrogen and oxygen atoms in total. The quantitative estimate of drug-likeness (QED) is 0.262. The summed E-state index contributed by atoms with van der Waals surface area (Å²) in [6.45, 7) is -0.860. The molecule has 3 aromatic rings.